The average molecular weight is 1240 g/mol. The van der Waals surface area contributed by atoms with Gasteiger partial charge in [0.15, 0.2) is 24.8 Å². The molecule has 0 atom stereocenters. The van der Waals surface area contributed by atoms with Gasteiger partial charge in [0, 0.05) is 71.4 Å². The predicted molar refractivity (Wildman–Crippen MR) is 402 cm³/mol. The highest BCUT2D eigenvalue weighted by atomic mass is 14.9. The number of rotatable bonds is 8. The first kappa shape index (κ1) is 64.9. The second-order valence-corrected chi connectivity index (χ2v) is 24.1. The van der Waals surface area contributed by atoms with Gasteiger partial charge in [-0.2, -0.15) is 0 Å². The molecule has 12 rings (SSSR count). The van der Waals surface area contributed by atoms with Crippen molar-refractivity contribution in [1.29, 1.82) is 0 Å². The van der Waals surface area contributed by atoms with E-state index in [1.165, 1.54) is 123 Å². The molecule has 12 aromatic rings. The van der Waals surface area contributed by atoms with Crippen molar-refractivity contribution in [2.45, 2.75) is 120 Å². The van der Waals surface area contributed by atoms with E-state index in [4.69, 9.17) is 8.22 Å². The molecule has 0 bridgehead atoms. The molecule has 0 aliphatic rings. The van der Waals surface area contributed by atoms with Crippen molar-refractivity contribution in [2.75, 3.05) is 0 Å². The Morgan fingerprint density at radius 3 is 0.882 bits per heavy atom. The minimum Gasteiger partial charge on any atom is -0.201 e. The summed E-state index contributed by atoms with van der Waals surface area (Å²) in [4.78, 5) is 0. The van der Waals surface area contributed by atoms with E-state index in [1.54, 1.807) is 18.5 Å². The van der Waals surface area contributed by atoms with Gasteiger partial charge in [0.05, 0.1) is 5.56 Å². The molecule has 4 heteroatoms. The molecule has 0 amide bonds. The molecule has 0 spiro atoms. The lowest BCUT2D eigenvalue weighted by Gasteiger charge is -2.12. The van der Waals surface area contributed by atoms with Crippen LogP contribution in [0.1, 0.15) is 110 Å². The Kier molecular flexibility index (Phi) is 23.1. The minimum atomic E-state index is -2.09. The number of pyridine rings is 4. The quantitative estimate of drug-likeness (QED) is 0.135. The SMILES string of the molecule is C.C.C.C.Cc1ccc(-c2c(C)cc(-c3ccccc3)cc2C)[n+](C)c1.Cc1ccc(-c2cc(C)c(-c3ccccc3)cc2C)[n+](C)c1.[2H]C([2H])([2H])c1c[n+](C)c(-c2cc(C)c(-c3ccccc3)cc2C)cc1C.[2H]C([2H])([2H])c1ccc(-c2cc(C)c(-c3ccccc3)cc2C)[n+](C)c1. The fourth-order valence-electron chi connectivity index (χ4n) is 12.2. The summed E-state index contributed by atoms with van der Waals surface area (Å²) in [5.41, 5.74) is 33.6. The zero-order valence-corrected chi connectivity index (χ0v) is 54.8. The van der Waals surface area contributed by atoms with Gasteiger partial charge in [-0.25, -0.2) is 18.3 Å². The van der Waals surface area contributed by atoms with Crippen LogP contribution >= 0.6 is 0 Å². The maximum absolute atomic E-state index is 7.71. The number of aromatic nitrogens is 4. The van der Waals surface area contributed by atoms with Crippen molar-refractivity contribution in [3.8, 4) is 89.5 Å². The summed E-state index contributed by atoms with van der Waals surface area (Å²) in [5.74, 6) is 0. The third-order valence-electron chi connectivity index (χ3n) is 16.9. The highest BCUT2D eigenvalue weighted by molar-refractivity contribution is 5.78. The Hall–Kier alpha value is -9.64. The molecule has 0 radical (unpaired) electrons. The molecule has 4 aromatic heterocycles. The molecule has 0 aliphatic heterocycles. The van der Waals surface area contributed by atoms with Gasteiger partial charge in [-0.05, 0) is 221 Å². The molecule has 0 saturated carbocycles. The Labute approximate surface area is 570 Å². The normalized spacial score (nSPS) is 11.5. The van der Waals surface area contributed by atoms with Gasteiger partial charge >= 0.3 is 0 Å². The maximum atomic E-state index is 7.71. The van der Waals surface area contributed by atoms with E-state index in [-0.39, 0.29) is 29.7 Å². The van der Waals surface area contributed by atoms with Crippen LogP contribution < -0.4 is 18.3 Å². The summed E-state index contributed by atoms with van der Waals surface area (Å²) in [6.45, 7) is 19.2. The molecule has 8 aromatic carbocycles. The lowest BCUT2D eigenvalue weighted by molar-refractivity contribution is -0.660. The standard InChI is InChI=1S/C22H24N.3C21H22N.4CH4/c1-15-13-22(23(5)14-18(15)4)21-12-16(2)20(11-17(21)3)19-9-7-6-8-10-19;2*1-15-10-11-21(22(4)14-15)20-13-16(2)19(12-17(20)3)18-8-6-5-7-9-18;1-15-10-11-20(22(4)14-15)21-16(2)12-19(13-17(21)3)18-8-6-5-7-9-18;;;;/h6-14H,1-5H3;3*5-14H,1-4H3;4*1H4/q4*+1;;;;/i4D3;1D3;;;;;;. The molecule has 0 fully saturated rings. The highest BCUT2D eigenvalue weighted by Crippen LogP contribution is 2.35. The van der Waals surface area contributed by atoms with Gasteiger partial charge in [-0.1, -0.05) is 181 Å². The molecule has 0 unspecified atom stereocenters. The topological polar surface area (TPSA) is 15.5 Å². The minimum absolute atomic E-state index is 0. The Bertz CT molecular complexity index is 4690. The summed E-state index contributed by atoms with van der Waals surface area (Å²) in [7, 11) is 8.03. The second-order valence-electron chi connectivity index (χ2n) is 24.1. The van der Waals surface area contributed by atoms with Crippen molar-refractivity contribution >= 4 is 0 Å². The van der Waals surface area contributed by atoms with Crippen molar-refractivity contribution in [3.05, 3.63) is 309 Å². The lowest BCUT2D eigenvalue weighted by Crippen LogP contribution is -2.31. The summed E-state index contributed by atoms with van der Waals surface area (Å²) in [5, 5.41) is 0. The number of benzene rings is 8. The number of nitrogens with zero attached hydrogens (tertiary/aromatic N) is 4. The zero-order valence-electron chi connectivity index (χ0n) is 60.8. The first-order valence-corrected chi connectivity index (χ1v) is 30.7. The van der Waals surface area contributed by atoms with Gasteiger partial charge in [-0.3, -0.25) is 0 Å². The first-order chi connectivity index (χ1) is 45.1. The average Bonchev–Trinajstić information content (AvgIpc) is 0.796. The first-order valence-electron chi connectivity index (χ1n) is 33.7. The Balaban J connectivity index is 0.000000235. The van der Waals surface area contributed by atoms with E-state index in [0.717, 1.165) is 28.1 Å². The molecule has 478 valence electrons. The van der Waals surface area contributed by atoms with Crippen LogP contribution in [0, 0.1) is 89.9 Å². The number of aryl methyl sites for hydroxylation is 17. The third-order valence-corrected chi connectivity index (χ3v) is 16.9. The molecule has 4 heterocycles. The van der Waals surface area contributed by atoms with Crippen molar-refractivity contribution < 1.29 is 26.5 Å². The molecule has 4 nitrogen and oxygen atoms in total. The smallest absolute Gasteiger partial charge is 0.201 e. The molecule has 0 saturated heterocycles. The summed E-state index contributed by atoms with van der Waals surface area (Å²) >= 11 is 0. The summed E-state index contributed by atoms with van der Waals surface area (Å²) < 4.78 is 54.0. The van der Waals surface area contributed by atoms with Crippen LogP contribution in [0.3, 0.4) is 0 Å². The fourth-order valence-corrected chi connectivity index (χ4v) is 12.2. The van der Waals surface area contributed by atoms with E-state index in [0.29, 0.717) is 11.1 Å². The van der Waals surface area contributed by atoms with Crippen LogP contribution in [-0.4, -0.2) is 0 Å². The summed E-state index contributed by atoms with van der Waals surface area (Å²) in [6.07, 6.45) is 7.79. The second kappa shape index (κ2) is 33.1. The molecule has 0 N–H and O–H groups in total. The van der Waals surface area contributed by atoms with E-state index >= 15 is 0 Å². The van der Waals surface area contributed by atoms with Crippen LogP contribution in [0.25, 0.3) is 89.5 Å². The van der Waals surface area contributed by atoms with Crippen molar-refractivity contribution in [2.24, 2.45) is 28.2 Å². The van der Waals surface area contributed by atoms with E-state index in [2.05, 4.69) is 275 Å². The molecular formula is C89H106N4+4. The maximum Gasteiger partial charge on any atom is 0.212 e. The van der Waals surface area contributed by atoms with Crippen molar-refractivity contribution in [3.63, 3.8) is 0 Å². The van der Waals surface area contributed by atoms with E-state index in [1.807, 2.05) is 66.6 Å². The predicted octanol–water partition coefficient (Wildman–Crippen LogP) is 21.9. The zero-order chi connectivity index (χ0) is 68.6. The van der Waals surface area contributed by atoms with Crippen LogP contribution in [-0.2, 0) is 28.2 Å². The Morgan fingerprint density at radius 2 is 0.527 bits per heavy atom. The number of hydrogen-bond donors (Lipinski definition) is 0. The van der Waals surface area contributed by atoms with Gasteiger partial charge in [-0.15, -0.1) is 0 Å². The third kappa shape index (κ3) is 17.7. The van der Waals surface area contributed by atoms with Gasteiger partial charge in [0.2, 0.25) is 22.8 Å². The molecular weight excluding hydrogens is 1130 g/mol. The van der Waals surface area contributed by atoms with Crippen molar-refractivity contribution in [1.82, 2.24) is 0 Å². The highest BCUT2D eigenvalue weighted by Gasteiger charge is 2.20. The van der Waals surface area contributed by atoms with Gasteiger partial charge < -0.3 is 0 Å². The lowest BCUT2D eigenvalue weighted by atomic mass is 9.93. The van der Waals surface area contributed by atoms with Gasteiger partial charge in [0.1, 0.15) is 28.2 Å². The molecule has 0 aliphatic carbocycles. The van der Waals surface area contributed by atoms with Gasteiger partial charge in [0.25, 0.3) is 0 Å². The van der Waals surface area contributed by atoms with Crippen LogP contribution in [0.2, 0.25) is 0 Å². The summed E-state index contributed by atoms with van der Waals surface area (Å²) in [6, 6.07) is 74.2. The van der Waals surface area contributed by atoms with Crippen LogP contribution in [0.5, 0.6) is 0 Å². The van der Waals surface area contributed by atoms with E-state index in [9.17, 15) is 0 Å². The molecule has 93 heavy (non-hydrogen) atoms. The largest absolute Gasteiger partial charge is 0.212 e. The number of hydrogen-bond acceptors (Lipinski definition) is 0. The van der Waals surface area contributed by atoms with Crippen LogP contribution in [0.4, 0.5) is 0 Å². The Morgan fingerprint density at radius 1 is 0.226 bits per heavy atom. The fraction of sp³-hybridized carbons (Fsp3) is 0.236. The van der Waals surface area contributed by atoms with E-state index < -0.39 is 13.7 Å². The monoisotopic (exact) mass is 1240 g/mol. The van der Waals surface area contributed by atoms with Crippen LogP contribution in [0.15, 0.2) is 237 Å².